The molecular weight excluding hydrogens is 378 g/mol. The molecule has 2 aromatic carbocycles. The van der Waals surface area contributed by atoms with E-state index in [9.17, 15) is 9.59 Å². The summed E-state index contributed by atoms with van der Waals surface area (Å²) < 4.78 is 6.71. The largest absolute Gasteiger partial charge is 0.452 e. The van der Waals surface area contributed by atoms with E-state index in [0.29, 0.717) is 17.3 Å². The van der Waals surface area contributed by atoms with Crippen LogP contribution in [0.4, 0.5) is 5.69 Å². The van der Waals surface area contributed by atoms with Crippen molar-refractivity contribution in [3.63, 3.8) is 0 Å². The lowest BCUT2D eigenvalue weighted by Gasteiger charge is -2.05. The zero-order valence-corrected chi connectivity index (χ0v) is 15.7. The maximum absolute atomic E-state index is 11.8. The SMILES string of the molecule is O=C(COC(=O)/C=C/c1cnn(Cc2ccccc2)c1)Nc1cccc(Cl)c1. The molecule has 0 fully saturated rings. The van der Waals surface area contributed by atoms with Crippen LogP contribution in [0.3, 0.4) is 0 Å². The number of nitrogens with zero attached hydrogens (tertiary/aromatic N) is 2. The molecule has 1 aromatic heterocycles. The van der Waals surface area contributed by atoms with E-state index in [1.807, 2.05) is 36.5 Å². The molecule has 0 spiro atoms. The Hall–Kier alpha value is -3.38. The average Bonchev–Trinajstić information content (AvgIpc) is 3.13. The second-order valence-corrected chi connectivity index (χ2v) is 6.39. The molecule has 0 bridgehead atoms. The quantitative estimate of drug-likeness (QED) is 0.488. The first kappa shape index (κ1) is 19.4. The normalized spacial score (nSPS) is 10.8. The minimum Gasteiger partial charge on any atom is -0.452 e. The van der Waals surface area contributed by atoms with E-state index in [-0.39, 0.29) is 6.61 Å². The van der Waals surface area contributed by atoms with Crippen molar-refractivity contribution in [2.45, 2.75) is 6.54 Å². The molecule has 0 aliphatic heterocycles. The van der Waals surface area contributed by atoms with Crippen molar-refractivity contribution in [2.24, 2.45) is 0 Å². The van der Waals surface area contributed by atoms with Gasteiger partial charge in [0.2, 0.25) is 0 Å². The van der Waals surface area contributed by atoms with Gasteiger partial charge in [-0.05, 0) is 29.8 Å². The molecule has 142 valence electrons. The number of rotatable bonds is 7. The summed E-state index contributed by atoms with van der Waals surface area (Å²) in [5.41, 5.74) is 2.43. The maximum atomic E-state index is 11.8. The number of carbonyl (C=O) groups is 2. The highest BCUT2D eigenvalue weighted by molar-refractivity contribution is 6.30. The average molecular weight is 396 g/mol. The van der Waals surface area contributed by atoms with Crippen molar-refractivity contribution >= 4 is 35.2 Å². The van der Waals surface area contributed by atoms with Crippen LogP contribution in [0.2, 0.25) is 5.02 Å². The number of carbonyl (C=O) groups excluding carboxylic acids is 2. The summed E-state index contributed by atoms with van der Waals surface area (Å²) in [5, 5.41) is 7.36. The van der Waals surface area contributed by atoms with Crippen LogP contribution in [-0.2, 0) is 20.9 Å². The van der Waals surface area contributed by atoms with Gasteiger partial charge in [-0.1, -0.05) is 48.0 Å². The van der Waals surface area contributed by atoms with E-state index in [2.05, 4.69) is 10.4 Å². The van der Waals surface area contributed by atoms with Crippen molar-refractivity contribution in [2.75, 3.05) is 11.9 Å². The van der Waals surface area contributed by atoms with Gasteiger partial charge < -0.3 is 10.1 Å². The zero-order valence-electron chi connectivity index (χ0n) is 14.9. The van der Waals surface area contributed by atoms with Crippen molar-refractivity contribution in [3.8, 4) is 0 Å². The second-order valence-electron chi connectivity index (χ2n) is 5.96. The van der Waals surface area contributed by atoms with Crippen LogP contribution in [0, 0.1) is 0 Å². The van der Waals surface area contributed by atoms with Crippen LogP contribution in [0.5, 0.6) is 0 Å². The highest BCUT2D eigenvalue weighted by Gasteiger charge is 2.06. The zero-order chi connectivity index (χ0) is 19.8. The Morgan fingerprint density at radius 1 is 1.14 bits per heavy atom. The Kier molecular flexibility index (Phi) is 6.59. The first-order valence-corrected chi connectivity index (χ1v) is 8.93. The molecule has 0 atom stereocenters. The molecule has 0 aliphatic rings. The van der Waals surface area contributed by atoms with Gasteiger partial charge in [0.1, 0.15) is 0 Å². The number of aromatic nitrogens is 2. The Balaban J connectivity index is 1.45. The fourth-order valence-corrected chi connectivity index (χ4v) is 2.63. The van der Waals surface area contributed by atoms with Gasteiger partial charge in [-0.25, -0.2) is 4.79 Å². The van der Waals surface area contributed by atoms with Crippen molar-refractivity contribution in [1.29, 1.82) is 0 Å². The van der Waals surface area contributed by atoms with Gasteiger partial charge in [0, 0.05) is 28.5 Å². The Labute approximate surface area is 167 Å². The van der Waals surface area contributed by atoms with E-state index in [0.717, 1.165) is 11.1 Å². The first-order valence-electron chi connectivity index (χ1n) is 8.55. The van der Waals surface area contributed by atoms with Gasteiger partial charge in [0.25, 0.3) is 5.91 Å². The standard InChI is InChI=1S/C21H18ClN3O3/c22-18-7-4-8-19(11-18)24-20(26)15-28-21(27)10-9-17-12-23-25(14-17)13-16-5-2-1-3-6-16/h1-12,14H,13,15H2,(H,24,26)/b10-9+. The molecular formula is C21H18ClN3O3. The van der Waals surface area contributed by atoms with Crippen LogP contribution in [0.1, 0.15) is 11.1 Å². The van der Waals surface area contributed by atoms with Crippen LogP contribution in [-0.4, -0.2) is 28.3 Å². The van der Waals surface area contributed by atoms with Crippen molar-refractivity contribution in [1.82, 2.24) is 9.78 Å². The monoisotopic (exact) mass is 395 g/mol. The molecule has 0 saturated heterocycles. The predicted molar refractivity (Wildman–Crippen MR) is 108 cm³/mol. The van der Waals surface area contributed by atoms with Crippen LogP contribution >= 0.6 is 11.6 Å². The molecule has 0 aliphatic carbocycles. The van der Waals surface area contributed by atoms with Crippen LogP contribution in [0.15, 0.2) is 73.1 Å². The highest BCUT2D eigenvalue weighted by atomic mass is 35.5. The molecule has 1 amide bonds. The summed E-state index contributed by atoms with van der Waals surface area (Å²) in [7, 11) is 0. The fourth-order valence-electron chi connectivity index (χ4n) is 2.43. The van der Waals surface area contributed by atoms with E-state index in [1.165, 1.54) is 6.08 Å². The van der Waals surface area contributed by atoms with Gasteiger partial charge in [-0.2, -0.15) is 5.10 Å². The minimum absolute atomic E-state index is 0.386. The van der Waals surface area contributed by atoms with Crippen LogP contribution in [0.25, 0.3) is 6.08 Å². The summed E-state index contributed by atoms with van der Waals surface area (Å²) >= 11 is 5.85. The number of hydrogen-bond donors (Lipinski definition) is 1. The summed E-state index contributed by atoms with van der Waals surface area (Å²) in [4.78, 5) is 23.6. The van der Waals surface area contributed by atoms with Gasteiger partial charge in [-0.3, -0.25) is 9.48 Å². The third-order valence-corrected chi connectivity index (χ3v) is 3.94. The number of halogens is 1. The number of amides is 1. The smallest absolute Gasteiger partial charge is 0.331 e. The molecule has 3 rings (SSSR count). The molecule has 28 heavy (non-hydrogen) atoms. The molecule has 0 radical (unpaired) electrons. The topological polar surface area (TPSA) is 73.2 Å². The van der Waals surface area contributed by atoms with E-state index >= 15 is 0 Å². The third-order valence-electron chi connectivity index (χ3n) is 3.71. The number of hydrogen-bond acceptors (Lipinski definition) is 4. The summed E-state index contributed by atoms with van der Waals surface area (Å²) in [6.45, 7) is 0.256. The summed E-state index contributed by atoms with van der Waals surface area (Å²) in [6, 6.07) is 16.6. The molecule has 0 unspecified atom stereocenters. The van der Waals surface area contributed by atoms with Crippen molar-refractivity contribution in [3.05, 3.63) is 89.2 Å². The fraction of sp³-hybridized carbons (Fsp3) is 0.0952. The first-order chi connectivity index (χ1) is 13.6. The van der Waals surface area contributed by atoms with E-state index in [4.69, 9.17) is 16.3 Å². The molecule has 7 heteroatoms. The number of esters is 1. The lowest BCUT2D eigenvalue weighted by molar-refractivity contribution is -0.142. The number of nitrogens with one attached hydrogen (secondary N) is 1. The molecule has 3 aromatic rings. The summed E-state index contributed by atoms with van der Waals surface area (Å²) in [6.07, 6.45) is 6.32. The van der Waals surface area contributed by atoms with E-state index in [1.54, 1.807) is 41.2 Å². The van der Waals surface area contributed by atoms with E-state index < -0.39 is 11.9 Å². The van der Waals surface area contributed by atoms with Crippen LogP contribution < -0.4 is 5.32 Å². The molecule has 1 heterocycles. The Morgan fingerprint density at radius 3 is 2.75 bits per heavy atom. The molecule has 6 nitrogen and oxygen atoms in total. The Bertz CT molecular complexity index is 983. The number of benzene rings is 2. The number of anilines is 1. The third kappa shape index (κ3) is 6.10. The van der Waals surface area contributed by atoms with Gasteiger partial charge >= 0.3 is 5.97 Å². The summed E-state index contributed by atoms with van der Waals surface area (Å²) in [5.74, 6) is -1.06. The Morgan fingerprint density at radius 2 is 1.96 bits per heavy atom. The van der Waals surface area contributed by atoms with Crippen molar-refractivity contribution < 1.29 is 14.3 Å². The minimum atomic E-state index is -0.614. The van der Waals surface area contributed by atoms with Gasteiger partial charge in [-0.15, -0.1) is 0 Å². The second kappa shape index (κ2) is 9.53. The molecule has 1 N–H and O–H groups in total. The lowest BCUT2D eigenvalue weighted by Crippen LogP contribution is -2.20. The lowest BCUT2D eigenvalue weighted by atomic mass is 10.2. The number of ether oxygens (including phenoxy) is 1. The van der Waals surface area contributed by atoms with Gasteiger partial charge in [0.05, 0.1) is 12.7 Å². The predicted octanol–water partition coefficient (Wildman–Crippen LogP) is 3.78. The highest BCUT2D eigenvalue weighted by Crippen LogP contribution is 2.14. The molecule has 0 saturated carbocycles. The maximum Gasteiger partial charge on any atom is 0.331 e. The van der Waals surface area contributed by atoms with Gasteiger partial charge in [0.15, 0.2) is 6.61 Å².